The fourth-order valence-electron chi connectivity index (χ4n) is 6.04. The van der Waals surface area contributed by atoms with Crippen LogP contribution >= 0.6 is 0 Å². The Hall–Kier alpha value is -2.86. The average molecular weight is 475 g/mol. The molecule has 0 bridgehead atoms. The molecule has 2 heterocycles. The zero-order valence-corrected chi connectivity index (χ0v) is 21.1. The maximum Gasteiger partial charge on any atom is 0.230 e. The van der Waals surface area contributed by atoms with Gasteiger partial charge < -0.3 is 20.0 Å². The molecule has 3 aliphatic rings. The molecule has 1 N–H and O–H groups in total. The van der Waals surface area contributed by atoms with E-state index >= 15 is 0 Å². The Bertz CT molecular complexity index is 1080. The number of nitrogens with zero attached hydrogens (tertiary/aromatic N) is 3. The molecule has 1 aliphatic carbocycles. The van der Waals surface area contributed by atoms with Gasteiger partial charge in [0.05, 0.1) is 5.92 Å². The van der Waals surface area contributed by atoms with E-state index in [1.807, 2.05) is 29.2 Å². The van der Waals surface area contributed by atoms with Gasteiger partial charge in [-0.25, -0.2) is 0 Å². The number of fused-ring (bicyclic) bond motifs is 1. The van der Waals surface area contributed by atoms with Crippen molar-refractivity contribution in [2.24, 2.45) is 11.8 Å². The minimum Gasteiger partial charge on any atom is -0.369 e. The number of likely N-dealkylation sites (N-methyl/N-ethyl adjacent to an activating group) is 1. The number of carbonyl (C=O) groups excluding carboxylic acids is 2. The van der Waals surface area contributed by atoms with Crippen LogP contribution in [-0.2, 0) is 16.0 Å². The van der Waals surface area contributed by atoms with Gasteiger partial charge in [0.15, 0.2) is 0 Å². The van der Waals surface area contributed by atoms with Crippen LogP contribution in [0.5, 0.6) is 0 Å². The molecule has 5 rings (SSSR count). The van der Waals surface area contributed by atoms with Crippen molar-refractivity contribution in [3.8, 4) is 0 Å². The molecule has 1 saturated carbocycles. The van der Waals surface area contributed by atoms with Crippen molar-refractivity contribution in [1.29, 1.82) is 0 Å². The molecule has 2 aromatic carbocycles. The number of anilines is 3. The average Bonchev–Trinajstić information content (AvgIpc) is 3.33. The van der Waals surface area contributed by atoms with Crippen LogP contribution in [0.25, 0.3) is 0 Å². The van der Waals surface area contributed by atoms with E-state index in [-0.39, 0.29) is 23.7 Å². The van der Waals surface area contributed by atoms with E-state index in [4.69, 9.17) is 0 Å². The molecule has 2 fully saturated rings. The number of rotatable bonds is 5. The predicted molar refractivity (Wildman–Crippen MR) is 142 cm³/mol. The molecule has 2 aromatic rings. The number of amides is 2. The van der Waals surface area contributed by atoms with Crippen molar-refractivity contribution in [2.75, 3.05) is 54.4 Å². The molecule has 0 spiro atoms. The summed E-state index contributed by atoms with van der Waals surface area (Å²) in [6.07, 6.45) is 4.47. The largest absolute Gasteiger partial charge is 0.369 e. The van der Waals surface area contributed by atoms with Crippen molar-refractivity contribution < 1.29 is 9.59 Å². The Labute approximate surface area is 209 Å². The molecule has 0 aromatic heterocycles. The smallest absolute Gasteiger partial charge is 0.230 e. The topological polar surface area (TPSA) is 55.9 Å². The zero-order valence-electron chi connectivity index (χ0n) is 21.1. The number of nitrogens with one attached hydrogen (secondary N) is 1. The predicted octanol–water partition coefficient (Wildman–Crippen LogP) is 4.47. The molecule has 35 heavy (non-hydrogen) atoms. The number of benzene rings is 2. The number of para-hydroxylation sites is 1. The minimum atomic E-state index is -0.273. The van der Waals surface area contributed by atoms with Crippen molar-refractivity contribution in [1.82, 2.24) is 4.90 Å². The highest BCUT2D eigenvalue weighted by Gasteiger charge is 2.39. The van der Waals surface area contributed by atoms with E-state index in [9.17, 15) is 9.59 Å². The molecule has 6 heteroatoms. The summed E-state index contributed by atoms with van der Waals surface area (Å²) in [6.45, 7) is 10.3. The summed E-state index contributed by atoms with van der Waals surface area (Å²) in [5.74, 6) is -0.411. The number of hydrogen-bond donors (Lipinski definition) is 1. The number of piperazine rings is 1. The summed E-state index contributed by atoms with van der Waals surface area (Å²) in [5, 5.41) is 3.18. The number of hydrogen-bond acceptors (Lipinski definition) is 4. The maximum atomic E-state index is 13.6. The van der Waals surface area contributed by atoms with Crippen molar-refractivity contribution in [3.05, 3.63) is 53.6 Å². The monoisotopic (exact) mass is 474 g/mol. The van der Waals surface area contributed by atoms with Gasteiger partial charge in [-0.1, -0.05) is 38.0 Å². The molecule has 0 radical (unpaired) electrons. The molecular weight excluding hydrogens is 436 g/mol. The molecule has 2 amide bonds. The quantitative estimate of drug-likeness (QED) is 0.695. The summed E-state index contributed by atoms with van der Waals surface area (Å²) in [7, 11) is 0. The first kappa shape index (κ1) is 23.9. The van der Waals surface area contributed by atoms with Gasteiger partial charge in [-0.2, -0.15) is 0 Å². The highest BCUT2D eigenvalue weighted by molar-refractivity contribution is 6.02. The molecule has 2 atom stereocenters. The zero-order chi connectivity index (χ0) is 24.4. The van der Waals surface area contributed by atoms with Gasteiger partial charge in [-0.3, -0.25) is 9.59 Å². The fraction of sp³-hybridized carbons (Fsp3) is 0.517. The third kappa shape index (κ3) is 4.94. The van der Waals surface area contributed by atoms with Gasteiger partial charge in [0.25, 0.3) is 0 Å². The Morgan fingerprint density at radius 1 is 0.943 bits per heavy atom. The van der Waals surface area contributed by atoms with Gasteiger partial charge in [0.2, 0.25) is 11.8 Å². The van der Waals surface area contributed by atoms with Gasteiger partial charge in [-0.05, 0) is 68.1 Å². The van der Waals surface area contributed by atoms with Gasteiger partial charge in [-0.15, -0.1) is 0 Å². The second-order valence-electron chi connectivity index (χ2n) is 10.3. The molecule has 2 unspecified atom stereocenters. The summed E-state index contributed by atoms with van der Waals surface area (Å²) in [5.41, 5.74) is 5.39. The van der Waals surface area contributed by atoms with Crippen molar-refractivity contribution >= 4 is 28.9 Å². The van der Waals surface area contributed by atoms with Gasteiger partial charge in [0, 0.05) is 55.7 Å². The molecular formula is C29H38N4O2. The lowest BCUT2D eigenvalue weighted by Crippen LogP contribution is -2.46. The van der Waals surface area contributed by atoms with Crippen LogP contribution in [0, 0.1) is 18.8 Å². The first-order valence-electron chi connectivity index (χ1n) is 13.3. The second-order valence-corrected chi connectivity index (χ2v) is 10.3. The van der Waals surface area contributed by atoms with E-state index in [0.717, 1.165) is 88.3 Å². The summed E-state index contributed by atoms with van der Waals surface area (Å²) >= 11 is 0. The van der Waals surface area contributed by atoms with Crippen LogP contribution in [0.1, 0.15) is 43.7 Å². The maximum absolute atomic E-state index is 13.6. The summed E-state index contributed by atoms with van der Waals surface area (Å²) in [4.78, 5) is 33.9. The first-order chi connectivity index (χ1) is 17.0. The third-order valence-electron chi connectivity index (χ3n) is 8.23. The Kier molecular flexibility index (Phi) is 7.09. The van der Waals surface area contributed by atoms with Crippen molar-refractivity contribution in [3.63, 3.8) is 0 Å². The fourth-order valence-corrected chi connectivity index (χ4v) is 6.04. The van der Waals surface area contributed by atoms with E-state index in [2.05, 4.69) is 47.2 Å². The van der Waals surface area contributed by atoms with E-state index in [1.54, 1.807) is 0 Å². The number of aryl methyl sites for hydroxylation is 1. The van der Waals surface area contributed by atoms with Gasteiger partial charge in [0.1, 0.15) is 0 Å². The van der Waals surface area contributed by atoms with E-state index < -0.39 is 0 Å². The standard InChI is InChI=1S/C29H38N4O2/c1-3-31-16-18-32(19-17-31)23-12-13-26(21(2)20-23)30-28(34)24-9-5-6-10-25(24)29(35)33-15-14-22-8-4-7-11-27(22)33/h4,7-8,11-13,20,24-25H,3,5-6,9-10,14-19H2,1-2H3,(H,30,34). The summed E-state index contributed by atoms with van der Waals surface area (Å²) in [6, 6.07) is 14.5. The van der Waals surface area contributed by atoms with Crippen LogP contribution in [0.4, 0.5) is 17.1 Å². The number of carbonyl (C=O) groups is 2. The van der Waals surface area contributed by atoms with Crippen molar-refractivity contribution in [2.45, 2.75) is 46.0 Å². The molecule has 6 nitrogen and oxygen atoms in total. The van der Waals surface area contributed by atoms with Crippen LogP contribution in [-0.4, -0.2) is 56.0 Å². The Balaban J connectivity index is 1.26. The van der Waals surface area contributed by atoms with Crippen LogP contribution in [0.3, 0.4) is 0 Å². The third-order valence-corrected chi connectivity index (χ3v) is 8.23. The highest BCUT2D eigenvalue weighted by atomic mass is 16.2. The lowest BCUT2D eigenvalue weighted by molar-refractivity contribution is -0.132. The summed E-state index contributed by atoms with van der Waals surface area (Å²) < 4.78 is 0. The lowest BCUT2D eigenvalue weighted by Gasteiger charge is -2.36. The van der Waals surface area contributed by atoms with E-state index in [0.29, 0.717) is 0 Å². The van der Waals surface area contributed by atoms with E-state index in [1.165, 1.54) is 11.3 Å². The Morgan fingerprint density at radius 2 is 1.69 bits per heavy atom. The minimum absolute atomic E-state index is 0.0112. The molecule has 1 saturated heterocycles. The normalized spacial score (nSPS) is 22.7. The van der Waals surface area contributed by atoms with Gasteiger partial charge >= 0.3 is 0 Å². The first-order valence-corrected chi connectivity index (χ1v) is 13.3. The Morgan fingerprint density at radius 3 is 2.43 bits per heavy atom. The highest BCUT2D eigenvalue weighted by Crippen LogP contribution is 2.36. The van der Waals surface area contributed by atoms with Crippen LogP contribution in [0.15, 0.2) is 42.5 Å². The molecule has 186 valence electrons. The lowest BCUT2D eigenvalue weighted by atomic mass is 9.77. The van der Waals surface area contributed by atoms with Crippen LogP contribution < -0.4 is 15.1 Å². The molecule has 2 aliphatic heterocycles. The van der Waals surface area contributed by atoms with Crippen LogP contribution in [0.2, 0.25) is 0 Å². The SMILES string of the molecule is CCN1CCN(c2ccc(NC(=O)C3CCCCC3C(=O)N3CCc4ccccc43)c(C)c2)CC1. The second kappa shape index (κ2) is 10.4.